The summed E-state index contributed by atoms with van der Waals surface area (Å²) in [6.45, 7) is 65.9. The molecule has 0 aromatic heterocycles. The van der Waals surface area contributed by atoms with E-state index in [1.807, 2.05) is 6.92 Å². The monoisotopic (exact) mass is 1420 g/mol. The Kier molecular flexibility index (Phi) is 27.5. The van der Waals surface area contributed by atoms with Crippen LogP contribution < -0.4 is 23.7 Å². The van der Waals surface area contributed by atoms with Gasteiger partial charge in [-0.05, 0) is 190 Å². The predicted octanol–water partition coefficient (Wildman–Crippen LogP) is 20.6. The molecule has 0 heterocycles. The number of ether oxygens (including phenoxy) is 10. The van der Waals surface area contributed by atoms with Crippen LogP contribution in [0.1, 0.15) is 254 Å². The molecular formula is C88H128O15. The lowest BCUT2D eigenvalue weighted by atomic mass is 9.63. The van der Waals surface area contributed by atoms with Crippen LogP contribution in [0.25, 0.3) is 44.5 Å². The maximum absolute atomic E-state index is 14.4. The molecule has 5 aromatic rings. The molecule has 0 saturated heterocycles. The molecule has 0 spiro atoms. The first-order valence-electron chi connectivity index (χ1n) is 37.1. The molecule has 15 nitrogen and oxygen atoms in total. The molecule has 0 aliphatic rings. The summed E-state index contributed by atoms with van der Waals surface area (Å²) < 4.78 is 63.5. The van der Waals surface area contributed by atoms with Crippen molar-refractivity contribution in [1.82, 2.24) is 0 Å². The molecule has 570 valence electrons. The highest BCUT2D eigenvalue weighted by molar-refractivity contribution is 5.96. The fourth-order valence-electron chi connectivity index (χ4n) is 11.7. The van der Waals surface area contributed by atoms with E-state index in [9.17, 15) is 24.0 Å². The fourth-order valence-corrected chi connectivity index (χ4v) is 11.7. The van der Waals surface area contributed by atoms with Gasteiger partial charge in [0.15, 0.2) is 33.0 Å². The first kappa shape index (κ1) is 86.1. The first-order chi connectivity index (χ1) is 47.3. The van der Waals surface area contributed by atoms with Gasteiger partial charge in [0.25, 0.3) is 0 Å². The summed E-state index contributed by atoms with van der Waals surface area (Å²) in [5, 5.41) is 0. The minimum absolute atomic E-state index is 0.0648. The smallest absolute Gasteiger partial charge is 0.344 e. The van der Waals surface area contributed by atoms with Gasteiger partial charge >= 0.3 is 29.8 Å². The zero-order chi connectivity index (χ0) is 78.4. The van der Waals surface area contributed by atoms with Crippen molar-refractivity contribution in [1.29, 1.82) is 0 Å². The Balaban J connectivity index is 2.43. The summed E-state index contributed by atoms with van der Waals surface area (Å²) in [6, 6.07) is 21.1. The quantitative estimate of drug-likeness (QED) is 0.0313. The number of aryl methyl sites for hydroxylation is 2. The zero-order valence-corrected chi connectivity index (χ0v) is 69.2. The van der Waals surface area contributed by atoms with Gasteiger partial charge in [0.05, 0.1) is 33.0 Å². The lowest BCUT2D eigenvalue weighted by Gasteiger charge is -2.42. The van der Waals surface area contributed by atoms with Gasteiger partial charge in [0.2, 0.25) is 0 Å². The van der Waals surface area contributed by atoms with Crippen molar-refractivity contribution in [3.05, 3.63) is 99.6 Å². The molecule has 0 bridgehead atoms. The molecule has 0 saturated carbocycles. The number of benzene rings is 5. The number of esters is 5. The van der Waals surface area contributed by atoms with Crippen LogP contribution in [0, 0.1) is 34.0 Å². The third kappa shape index (κ3) is 19.1. The van der Waals surface area contributed by atoms with Crippen molar-refractivity contribution in [2.45, 2.75) is 255 Å². The summed E-state index contributed by atoms with van der Waals surface area (Å²) in [7, 11) is 0. The Morgan fingerprint density at radius 2 is 0.427 bits per heavy atom. The van der Waals surface area contributed by atoms with Gasteiger partial charge in [-0.2, -0.15) is 0 Å². The highest BCUT2D eigenvalue weighted by Gasteiger charge is 2.44. The summed E-state index contributed by atoms with van der Waals surface area (Å²) in [5.74, 6) is -1.51. The molecule has 0 N–H and O–H groups in total. The highest BCUT2D eigenvalue weighted by Crippen LogP contribution is 2.59. The second-order valence-electron chi connectivity index (χ2n) is 35.1. The van der Waals surface area contributed by atoms with E-state index < -0.39 is 106 Å². The SMILES string of the molecule is CCOC(=O)COc1c(C)cc(C(C)(C)C(C)(C)C)cc1-c1cc(C(C)(C)C(C)(C)C)cc(-c2cc(C(C)(C)C(C)(C)C)cc(-c3cc(C(C)(C)C(C)(C)C)cc(-c4cc(C(C)(C)C(C)(C)C)cc(CC)c4OCC(=O)OCC)c3OCC(=O)OCC)c2OCC(=O)OCC)c1OCC(=O)OCC. The van der Waals surface area contributed by atoms with E-state index in [4.69, 9.17) is 47.4 Å². The molecule has 0 amide bonds. The maximum atomic E-state index is 14.4. The van der Waals surface area contributed by atoms with E-state index in [2.05, 4.69) is 241 Å². The molecule has 15 heteroatoms. The number of hydrogen-bond acceptors (Lipinski definition) is 15. The lowest BCUT2D eigenvalue weighted by molar-refractivity contribution is -0.146. The summed E-state index contributed by atoms with van der Waals surface area (Å²) in [5.41, 5.74) is 5.28. The molecule has 0 radical (unpaired) electrons. The van der Waals surface area contributed by atoms with E-state index in [0.717, 1.165) is 38.9 Å². The van der Waals surface area contributed by atoms with Crippen LogP contribution in [0.4, 0.5) is 0 Å². The summed E-state index contributed by atoms with van der Waals surface area (Å²) >= 11 is 0. The first-order valence-corrected chi connectivity index (χ1v) is 37.1. The Hall–Kier alpha value is -7.55. The van der Waals surface area contributed by atoms with Gasteiger partial charge < -0.3 is 47.4 Å². The minimum Gasteiger partial charge on any atom is -0.481 e. The van der Waals surface area contributed by atoms with E-state index in [1.54, 1.807) is 34.6 Å². The molecule has 5 aromatic carbocycles. The topological polar surface area (TPSA) is 178 Å². The van der Waals surface area contributed by atoms with Crippen molar-refractivity contribution < 1.29 is 71.3 Å². The third-order valence-electron chi connectivity index (χ3n) is 23.4. The van der Waals surface area contributed by atoms with Crippen molar-refractivity contribution in [2.75, 3.05) is 66.1 Å². The van der Waals surface area contributed by atoms with Gasteiger partial charge in [-0.1, -0.05) is 192 Å². The second kappa shape index (κ2) is 32.9. The zero-order valence-electron chi connectivity index (χ0n) is 69.2. The normalized spacial score (nSPS) is 12.9. The maximum Gasteiger partial charge on any atom is 0.344 e. The van der Waals surface area contributed by atoms with E-state index in [-0.39, 0.29) is 61.1 Å². The van der Waals surface area contributed by atoms with Crippen LogP contribution in [0.3, 0.4) is 0 Å². The highest BCUT2D eigenvalue weighted by atomic mass is 16.6. The van der Waals surface area contributed by atoms with Crippen LogP contribution in [-0.2, 0) is 81.2 Å². The summed E-state index contributed by atoms with van der Waals surface area (Å²) in [6.07, 6.45) is 0.502. The number of carbonyl (C=O) groups is 5. The van der Waals surface area contributed by atoms with Gasteiger partial charge in [0, 0.05) is 44.5 Å². The van der Waals surface area contributed by atoms with Crippen LogP contribution in [0.15, 0.2) is 60.7 Å². The Bertz CT molecular complexity index is 3850. The van der Waals surface area contributed by atoms with Crippen LogP contribution in [0.2, 0.25) is 0 Å². The van der Waals surface area contributed by atoms with Crippen LogP contribution in [-0.4, -0.2) is 95.9 Å². The average molecular weight is 1430 g/mol. The molecule has 0 aliphatic heterocycles. The molecule has 0 atom stereocenters. The molecule has 103 heavy (non-hydrogen) atoms. The van der Waals surface area contributed by atoms with Gasteiger partial charge in [-0.15, -0.1) is 0 Å². The van der Waals surface area contributed by atoms with E-state index >= 15 is 0 Å². The molecule has 0 unspecified atom stereocenters. The molecular weight excluding hydrogens is 1300 g/mol. The van der Waals surface area contributed by atoms with Gasteiger partial charge in [0.1, 0.15) is 28.7 Å². The van der Waals surface area contributed by atoms with Crippen molar-refractivity contribution in [2.24, 2.45) is 27.1 Å². The van der Waals surface area contributed by atoms with Crippen LogP contribution in [0.5, 0.6) is 28.7 Å². The average Bonchev–Trinajstić information content (AvgIpc) is 0.728. The number of hydrogen-bond donors (Lipinski definition) is 0. The van der Waals surface area contributed by atoms with E-state index in [1.165, 1.54) is 0 Å². The van der Waals surface area contributed by atoms with Gasteiger partial charge in [-0.3, -0.25) is 0 Å². The second-order valence-corrected chi connectivity index (χ2v) is 35.1. The van der Waals surface area contributed by atoms with Gasteiger partial charge in [-0.25, -0.2) is 24.0 Å². The van der Waals surface area contributed by atoms with E-state index in [0.29, 0.717) is 62.4 Å². The minimum atomic E-state index is -0.709. The summed E-state index contributed by atoms with van der Waals surface area (Å²) in [4.78, 5) is 70.0. The molecule has 0 aliphatic carbocycles. The molecule has 0 fully saturated rings. The molecule has 5 rings (SSSR count). The Morgan fingerprint density at radius 1 is 0.252 bits per heavy atom. The largest absolute Gasteiger partial charge is 0.481 e. The predicted molar refractivity (Wildman–Crippen MR) is 415 cm³/mol. The van der Waals surface area contributed by atoms with Crippen LogP contribution >= 0.6 is 0 Å². The van der Waals surface area contributed by atoms with Crippen molar-refractivity contribution in [3.63, 3.8) is 0 Å². The lowest BCUT2D eigenvalue weighted by Crippen LogP contribution is -2.34. The fraction of sp³-hybridized carbons (Fsp3) is 0.602. The number of carbonyl (C=O) groups excluding carboxylic acids is 5. The number of rotatable bonds is 30. The van der Waals surface area contributed by atoms with Crippen molar-refractivity contribution >= 4 is 29.8 Å². The van der Waals surface area contributed by atoms with Crippen molar-refractivity contribution in [3.8, 4) is 73.3 Å². The third-order valence-corrected chi connectivity index (χ3v) is 23.4. The standard InChI is InChI=1S/C88H128O15/c1-33-55-40-57(85(25,26)80(11,12)13)42-62(75(55)100-50-70(90)95-35-3)64-44-59(87(29,30)82(17,18)19)46-66(77(64)102-52-72(92)97-37-5)68-48-60(88(31,32)83(20,21)22)47-67(78(68)103-53-73(93)98-38-6)65-45-58(86(27,28)81(14,15)16)43-63(76(65)101-51-71(91)96-36-4)61-41-56(84(23,24)79(8,9)10)39-54(7)74(61)99-49-69(89)94-34-2/h39-48H,33-38,49-53H2,1-32H3. The Labute approximate surface area is 619 Å². The Morgan fingerprint density at radius 3 is 0.631 bits per heavy atom.